The number of aryl methyl sites for hydroxylation is 4. The van der Waals surface area contributed by atoms with Gasteiger partial charge in [-0.05, 0) is 13.8 Å². The number of nitrogens with zero attached hydrogens (tertiary/aromatic N) is 2. The first-order valence-corrected chi connectivity index (χ1v) is 6.74. The van der Waals surface area contributed by atoms with Gasteiger partial charge in [0.15, 0.2) is 5.78 Å². The van der Waals surface area contributed by atoms with Gasteiger partial charge in [-0.2, -0.15) is 0 Å². The molecule has 22 heavy (non-hydrogen) atoms. The van der Waals surface area contributed by atoms with E-state index in [0.717, 1.165) is 0 Å². The summed E-state index contributed by atoms with van der Waals surface area (Å²) >= 11 is 0. The monoisotopic (exact) mass is 304 g/mol. The van der Waals surface area contributed by atoms with Gasteiger partial charge in [0.1, 0.15) is 11.7 Å². The number of hydrogen-bond donors (Lipinski definition) is 3. The highest BCUT2D eigenvalue weighted by Gasteiger charge is 2.46. The zero-order valence-corrected chi connectivity index (χ0v) is 12.6. The summed E-state index contributed by atoms with van der Waals surface area (Å²) in [6, 6.07) is 0. The highest BCUT2D eigenvalue weighted by atomic mass is 16.3. The number of nitrogens with one attached hydrogen (secondary N) is 2. The summed E-state index contributed by atoms with van der Waals surface area (Å²) in [7, 11) is 3.07. The minimum Gasteiger partial charge on any atom is -0.510 e. The van der Waals surface area contributed by atoms with Crippen LogP contribution in [0, 0.1) is 13.8 Å². The Bertz CT molecular complexity index is 951. The Labute approximate surface area is 124 Å². The Morgan fingerprint density at radius 1 is 0.955 bits per heavy atom. The molecule has 0 bridgehead atoms. The number of ketones is 1. The first-order chi connectivity index (χ1) is 10.3. The van der Waals surface area contributed by atoms with Crippen LogP contribution >= 0.6 is 0 Å². The third-order valence-electron chi connectivity index (χ3n) is 4.08. The SMILES string of the molecule is Cc1[nH]n(C)c(=O)c1C1=C(O)C(c2c(C)[nH]n(C)c2=O)C1=O. The van der Waals surface area contributed by atoms with Crippen LogP contribution in [0.4, 0.5) is 0 Å². The fourth-order valence-electron chi connectivity index (χ4n) is 3.00. The zero-order chi connectivity index (χ0) is 16.3. The smallest absolute Gasteiger partial charge is 0.274 e. The molecule has 3 rings (SSSR count). The topological polar surface area (TPSA) is 113 Å². The number of H-pyrrole nitrogens is 2. The van der Waals surface area contributed by atoms with Crippen molar-refractivity contribution < 1.29 is 9.90 Å². The Balaban J connectivity index is 2.18. The largest absolute Gasteiger partial charge is 0.510 e. The number of rotatable bonds is 2. The van der Waals surface area contributed by atoms with Gasteiger partial charge in [-0.25, -0.2) is 0 Å². The van der Waals surface area contributed by atoms with E-state index in [0.29, 0.717) is 11.4 Å². The average Bonchev–Trinajstić information content (AvgIpc) is 2.83. The van der Waals surface area contributed by atoms with E-state index in [1.807, 2.05) is 0 Å². The van der Waals surface area contributed by atoms with Crippen molar-refractivity contribution in [1.82, 2.24) is 19.6 Å². The lowest BCUT2D eigenvalue weighted by molar-refractivity contribution is -0.116. The van der Waals surface area contributed by atoms with Gasteiger partial charge in [0.05, 0.1) is 16.7 Å². The molecular formula is C14H16N4O4. The number of allylic oxidation sites excluding steroid dienone is 2. The van der Waals surface area contributed by atoms with Gasteiger partial charge in [0.25, 0.3) is 11.1 Å². The van der Waals surface area contributed by atoms with Crippen LogP contribution in [-0.4, -0.2) is 30.5 Å². The standard InChI is InChI=1S/C14H16N4O4/c1-5-7(13(21)17(3)15-5)9-11(19)10(12(9)20)8-6(2)16-18(4)14(8)22/h9,15-16,19H,1-4H3. The number of aliphatic hydroxyl groups excluding tert-OH is 1. The summed E-state index contributed by atoms with van der Waals surface area (Å²) < 4.78 is 2.50. The quantitative estimate of drug-likeness (QED) is 0.724. The second-order valence-corrected chi connectivity index (χ2v) is 5.55. The number of aromatic nitrogens is 4. The molecule has 2 heterocycles. The number of aliphatic hydroxyl groups is 1. The van der Waals surface area contributed by atoms with Crippen LogP contribution in [0.3, 0.4) is 0 Å². The van der Waals surface area contributed by atoms with E-state index in [1.165, 1.54) is 23.5 Å². The molecule has 116 valence electrons. The van der Waals surface area contributed by atoms with E-state index in [2.05, 4.69) is 10.2 Å². The minimum atomic E-state index is -1.00. The second-order valence-electron chi connectivity index (χ2n) is 5.55. The number of Topliss-reactive ketones (excluding diaryl/α,β-unsaturated/α-hetero) is 1. The molecular weight excluding hydrogens is 288 g/mol. The number of aromatic amines is 2. The molecule has 0 fully saturated rings. The predicted octanol–water partition coefficient (Wildman–Crippen LogP) is -0.00736. The molecule has 1 atom stereocenters. The zero-order valence-electron chi connectivity index (χ0n) is 12.6. The number of carbonyl (C=O) groups excluding carboxylic acids is 1. The van der Waals surface area contributed by atoms with Gasteiger partial charge in [-0.3, -0.25) is 33.9 Å². The maximum Gasteiger partial charge on any atom is 0.274 e. The van der Waals surface area contributed by atoms with E-state index in [1.54, 1.807) is 13.8 Å². The van der Waals surface area contributed by atoms with Crippen molar-refractivity contribution in [2.24, 2.45) is 14.1 Å². The van der Waals surface area contributed by atoms with Crippen LogP contribution in [0.25, 0.3) is 5.57 Å². The maximum absolute atomic E-state index is 12.5. The average molecular weight is 304 g/mol. The summed E-state index contributed by atoms with van der Waals surface area (Å²) in [6.07, 6.45) is 0. The third kappa shape index (κ3) is 1.60. The number of carbonyl (C=O) groups is 1. The molecule has 2 aromatic heterocycles. The van der Waals surface area contributed by atoms with Crippen molar-refractivity contribution in [1.29, 1.82) is 0 Å². The van der Waals surface area contributed by atoms with E-state index >= 15 is 0 Å². The second kappa shape index (κ2) is 4.36. The van der Waals surface area contributed by atoms with Gasteiger partial charge in [0.2, 0.25) is 0 Å². The summed E-state index contributed by atoms with van der Waals surface area (Å²) in [5, 5.41) is 15.9. The fourth-order valence-corrected chi connectivity index (χ4v) is 3.00. The van der Waals surface area contributed by atoms with Crippen molar-refractivity contribution in [2.75, 3.05) is 0 Å². The maximum atomic E-state index is 12.5. The lowest BCUT2D eigenvalue weighted by atomic mass is 9.75. The van der Waals surface area contributed by atoms with Crippen molar-refractivity contribution in [3.05, 3.63) is 49.0 Å². The molecule has 0 amide bonds. The Hall–Kier alpha value is -2.77. The molecule has 2 aromatic rings. The fraction of sp³-hybridized carbons (Fsp3) is 0.357. The van der Waals surface area contributed by atoms with Gasteiger partial charge in [-0.1, -0.05) is 0 Å². The van der Waals surface area contributed by atoms with Crippen molar-refractivity contribution >= 4 is 11.4 Å². The molecule has 1 aliphatic rings. The van der Waals surface area contributed by atoms with Crippen molar-refractivity contribution in [3.8, 4) is 0 Å². The molecule has 8 heteroatoms. The van der Waals surface area contributed by atoms with E-state index in [-0.39, 0.29) is 33.6 Å². The molecule has 3 N–H and O–H groups in total. The lowest BCUT2D eigenvalue weighted by Gasteiger charge is -2.26. The first-order valence-electron chi connectivity index (χ1n) is 6.74. The molecule has 0 spiro atoms. The Morgan fingerprint density at radius 3 is 1.91 bits per heavy atom. The van der Waals surface area contributed by atoms with E-state index in [9.17, 15) is 19.5 Å². The van der Waals surface area contributed by atoms with Gasteiger partial charge < -0.3 is 5.11 Å². The normalized spacial score (nSPS) is 18.0. The number of hydrogen-bond acceptors (Lipinski definition) is 4. The molecule has 0 radical (unpaired) electrons. The van der Waals surface area contributed by atoms with Gasteiger partial charge >= 0.3 is 0 Å². The summed E-state index contributed by atoms with van der Waals surface area (Å²) in [6.45, 7) is 3.31. The van der Waals surface area contributed by atoms with Gasteiger partial charge in [0, 0.05) is 25.5 Å². The molecule has 1 aliphatic carbocycles. The molecule has 0 saturated carbocycles. The molecule has 0 aliphatic heterocycles. The van der Waals surface area contributed by atoms with Crippen LogP contribution in [0.2, 0.25) is 0 Å². The molecule has 0 aromatic carbocycles. The minimum absolute atomic E-state index is 0.00740. The predicted molar refractivity (Wildman–Crippen MR) is 78.8 cm³/mol. The molecule has 8 nitrogen and oxygen atoms in total. The first kappa shape index (κ1) is 14.2. The third-order valence-corrected chi connectivity index (χ3v) is 4.08. The van der Waals surface area contributed by atoms with Crippen LogP contribution in [0.5, 0.6) is 0 Å². The van der Waals surface area contributed by atoms with E-state index in [4.69, 9.17) is 0 Å². The van der Waals surface area contributed by atoms with Crippen LogP contribution in [0.15, 0.2) is 15.3 Å². The Kier molecular flexibility index (Phi) is 2.81. The highest BCUT2D eigenvalue weighted by molar-refractivity contribution is 6.32. The molecule has 1 unspecified atom stereocenters. The van der Waals surface area contributed by atoms with Crippen molar-refractivity contribution in [2.45, 2.75) is 19.8 Å². The van der Waals surface area contributed by atoms with Crippen molar-refractivity contribution in [3.63, 3.8) is 0 Å². The Morgan fingerprint density at radius 2 is 1.50 bits per heavy atom. The summed E-state index contributed by atoms with van der Waals surface area (Å²) in [5.74, 6) is -1.65. The molecule has 0 saturated heterocycles. The van der Waals surface area contributed by atoms with E-state index < -0.39 is 11.7 Å². The summed E-state index contributed by atoms with van der Waals surface area (Å²) in [5.41, 5.74) is 0.649. The van der Waals surface area contributed by atoms with Crippen LogP contribution in [-0.2, 0) is 18.9 Å². The highest BCUT2D eigenvalue weighted by Crippen LogP contribution is 2.42. The van der Waals surface area contributed by atoms with Crippen LogP contribution < -0.4 is 11.1 Å². The lowest BCUT2D eigenvalue weighted by Crippen LogP contribution is -2.34. The summed E-state index contributed by atoms with van der Waals surface area (Å²) in [4.78, 5) is 36.6. The van der Waals surface area contributed by atoms with Crippen LogP contribution in [0.1, 0.15) is 28.4 Å². The van der Waals surface area contributed by atoms with Gasteiger partial charge in [-0.15, -0.1) is 0 Å².